The van der Waals surface area contributed by atoms with Crippen LogP contribution in [-0.4, -0.2) is 10.7 Å². The van der Waals surface area contributed by atoms with Gasteiger partial charge in [0.05, 0.1) is 4.83 Å². The molecular weight excluding hydrogens is 266 g/mol. The molecule has 1 aromatic rings. The third kappa shape index (κ3) is 3.63. The highest BCUT2D eigenvalue weighted by molar-refractivity contribution is 9.10. The maximum atomic E-state index is 11.8. The van der Waals surface area contributed by atoms with Crippen LogP contribution in [0.5, 0.6) is 0 Å². The number of halogens is 1. The zero-order valence-electron chi connectivity index (χ0n) is 9.96. The van der Waals surface area contributed by atoms with Crippen LogP contribution >= 0.6 is 15.9 Å². The molecule has 3 heteroatoms. The molecule has 0 aliphatic carbocycles. The van der Waals surface area contributed by atoms with E-state index in [1.807, 2.05) is 32.0 Å². The standard InChI is InChI=1S/C13H18BrNO/c1-4-10-6-5-7-11(8-10)15-13(16)12(14)9(2)3/h5-9,12H,4H2,1-3H3,(H,15,16). The van der Waals surface area contributed by atoms with Crippen LogP contribution in [0.4, 0.5) is 5.69 Å². The van der Waals surface area contributed by atoms with Gasteiger partial charge in [0.1, 0.15) is 0 Å². The largest absolute Gasteiger partial charge is 0.325 e. The lowest BCUT2D eigenvalue weighted by Gasteiger charge is -2.14. The van der Waals surface area contributed by atoms with E-state index in [2.05, 4.69) is 34.2 Å². The monoisotopic (exact) mass is 283 g/mol. The fraction of sp³-hybridized carbons (Fsp3) is 0.462. The molecule has 0 radical (unpaired) electrons. The fourth-order valence-electron chi connectivity index (χ4n) is 1.38. The van der Waals surface area contributed by atoms with E-state index in [1.165, 1.54) is 5.56 Å². The predicted octanol–water partition coefficient (Wildman–Crippen LogP) is 3.61. The van der Waals surface area contributed by atoms with Gasteiger partial charge in [0.15, 0.2) is 0 Å². The summed E-state index contributed by atoms with van der Waals surface area (Å²) in [6, 6.07) is 7.95. The Labute approximate surface area is 106 Å². The van der Waals surface area contributed by atoms with Crippen LogP contribution in [-0.2, 0) is 11.2 Å². The van der Waals surface area contributed by atoms with Crippen LogP contribution in [0.2, 0.25) is 0 Å². The molecule has 0 spiro atoms. The second-order valence-electron chi connectivity index (χ2n) is 4.19. The molecule has 1 N–H and O–H groups in total. The van der Waals surface area contributed by atoms with E-state index in [9.17, 15) is 4.79 Å². The summed E-state index contributed by atoms with van der Waals surface area (Å²) < 4.78 is 0. The molecular formula is C13H18BrNO. The van der Waals surface area contributed by atoms with E-state index in [-0.39, 0.29) is 16.7 Å². The third-order valence-electron chi connectivity index (χ3n) is 2.44. The molecule has 1 atom stereocenters. The molecule has 0 aliphatic rings. The van der Waals surface area contributed by atoms with Gasteiger partial charge in [-0.1, -0.05) is 48.8 Å². The van der Waals surface area contributed by atoms with Crippen molar-refractivity contribution in [3.8, 4) is 0 Å². The summed E-state index contributed by atoms with van der Waals surface area (Å²) in [4.78, 5) is 11.7. The summed E-state index contributed by atoms with van der Waals surface area (Å²) in [6.45, 7) is 6.13. The van der Waals surface area contributed by atoms with Crippen LogP contribution in [0, 0.1) is 5.92 Å². The molecule has 0 fully saturated rings. The van der Waals surface area contributed by atoms with E-state index >= 15 is 0 Å². The van der Waals surface area contributed by atoms with E-state index in [0.717, 1.165) is 12.1 Å². The third-order valence-corrected chi connectivity index (χ3v) is 3.91. The zero-order valence-corrected chi connectivity index (χ0v) is 11.5. The summed E-state index contributed by atoms with van der Waals surface area (Å²) in [6.07, 6.45) is 0.978. The highest BCUT2D eigenvalue weighted by Crippen LogP contribution is 2.16. The van der Waals surface area contributed by atoms with Gasteiger partial charge in [-0.15, -0.1) is 0 Å². The first-order valence-electron chi connectivity index (χ1n) is 5.58. The number of rotatable bonds is 4. The lowest BCUT2D eigenvalue weighted by molar-refractivity contribution is -0.116. The maximum absolute atomic E-state index is 11.8. The van der Waals surface area contributed by atoms with Crippen LogP contribution < -0.4 is 5.32 Å². The Balaban J connectivity index is 2.69. The summed E-state index contributed by atoms with van der Waals surface area (Å²) >= 11 is 3.39. The second-order valence-corrected chi connectivity index (χ2v) is 5.18. The number of aryl methyl sites for hydroxylation is 1. The molecule has 1 rings (SSSR count). The topological polar surface area (TPSA) is 29.1 Å². The number of carbonyl (C=O) groups excluding carboxylic acids is 1. The van der Waals surface area contributed by atoms with Crippen molar-refractivity contribution in [2.45, 2.75) is 32.0 Å². The zero-order chi connectivity index (χ0) is 12.1. The molecule has 0 saturated carbocycles. The molecule has 16 heavy (non-hydrogen) atoms. The van der Waals surface area contributed by atoms with Gasteiger partial charge in [0.2, 0.25) is 5.91 Å². The minimum absolute atomic E-state index is 0.0169. The first kappa shape index (κ1) is 13.2. The number of benzene rings is 1. The molecule has 1 amide bonds. The number of hydrogen-bond donors (Lipinski definition) is 1. The van der Waals surface area contributed by atoms with Gasteiger partial charge >= 0.3 is 0 Å². The molecule has 0 heterocycles. The molecule has 1 unspecified atom stereocenters. The van der Waals surface area contributed by atoms with Gasteiger partial charge in [0.25, 0.3) is 0 Å². The van der Waals surface area contributed by atoms with Gasteiger partial charge in [-0.05, 0) is 30.0 Å². The molecule has 1 aromatic carbocycles. The van der Waals surface area contributed by atoms with Crippen LogP contribution in [0.15, 0.2) is 24.3 Å². The molecule has 2 nitrogen and oxygen atoms in total. The maximum Gasteiger partial charge on any atom is 0.238 e. The van der Waals surface area contributed by atoms with Crippen LogP contribution in [0.1, 0.15) is 26.3 Å². The van der Waals surface area contributed by atoms with Gasteiger partial charge in [-0.3, -0.25) is 4.79 Å². The quantitative estimate of drug-likeness (QED) is 0.841. The first-order chi connectivity index (χ1) is 7.54. The molecule has 0 aromatic heterocycles. The smallest absolute Gasteiger partial charge is 0.238 e. The van der Waals surface area contributed by atoms with Gasteiger partial charge < -0.3 is 5.32 Å². The number of alkyl halides is 1. The minimum Gasteiger partial charge on any atom is -0.325 e. The number of nitrogens with one attached hydrogen (secondary N) is 1. The van der Waals surface area contributed by atoms with Crippen LogP contribution in [0.3, 0.4) is 0 Å². The predicted molar refractivity (Wildman–Crippen MR) is 72.0 cm³/mol. The summed E-state index contributed by atoms with van der Waals surface area (Å²) in [5.74, 6) is 0.303. The van der Waals surface area contributed by atoms with E-state index in [4.69, 9.17) is 0 Å². The Morgan fingerprint density at radius 3 is 2.69 bits per heavy atom. The van der Waals surface area contributed by atoms with Gasteiger partial charge in [-0.25, -0.2) is 0 Å². The van der Waals surface area contributed by atoms with Crippen molar-refractivity contribution >= 4 is 27.5 Å². The number of carbonyl (C=O) groups is 1. The SMILES string of the molecule is CCc1cccc(NC(=O)C(Br)C(C)C)c1. The second kappa shape index (κ2) is 6.04. The first-order valence-corrected chi connectivity index (χ1v) is 6.50. The molecule has 0 aliphatic heterocycles. The minimum atomic E-state index is -0.141. The summed E-state index contributed by atoms with van der Waals surface area (Å²) in [5.41, 5.74) is 2.10. The Hall–Kier alpha value is -0.830. The van der Waals surface area contributed by atoms with E-state index < -0.39 is 0 Å². The van der Waals surface area contributed by atoms with E-state index in [0.29, 0.717) is 0 Å². The van der Waals surface area contributed by atoms with E-state index in [1.54, 1.807) is 0 Å². The van der Waals surface area contributed by atoms with Crippen molar-refractivity contribution in [2.75, 3.05) is 5.32 Å². The number of hydrogen-bond acceptors (Lipinski definition) is 1. The molecule has 0 saturated heterocycles. The Kier molecular flexibility index (Phi) is 5.00. The van der Waals surface area contributed by atoms with Crippen molar-refractivity contribution in [3.63, 3.8) is 0 Å². The van der Waals surface area contributed by atoms with Crippen molar-refractivity contribution in [2.24, 2.45) is 5.92 Å². The van der Waals surface area contributed by atoms with Gasteiger partial charge in [0, 0.05) is 5.69 Å². The number of anilines is 1. The Bertz CT molecular complexity index is 363. The van der Waals surface area contributed by atoms with Gasteiger partial charge in [-0.2, -0.15) is 0 Å². The summed E-state index contributed by atoms with van der Waals surface area (Å²) in [7, 11) is 0. The highest BCUT2D eigenvalue weighted by atomic mass is 79.9. The average Bonchev–Trinajstić information content (AvgIpc) is 2.28. The lowest BCUT2D eigenvalue weighted by atomic mass is 10.1. The number of amides is 1. The molecule has 88 valence electrons. The Morgan fingerprint density at radius 2 is 2.12 bits per heavy atom. The van der Waals surface area contributed by atoms with Crippen molar-refractivity contribution in [3.05, 3.63) is 29.8 Å². The summed E-state index contributed by atoms with van der Waals surface area (Å²) in [5, 5.41) is 2.91. The lowest BCUT2D eigenvalue weighted by Crippen LogP contribution is -2.26. The normalized spacial score (nSPS) is 12.6. The molecule has 0 bridgehead atoms. The fourth-order valence-corrected chi connectivity index (χ4v) is 1.50. The Morgan fingerprint density at radius 1 is 1.44 bits per heavy atom. The van der Waals surface area contributed by atoms with Crippen molar-refractivity contribution in [1.29, 1.82) is 0 Å². The average molecular weight is 284 g/mol. The highest BCUT2D eigenvalue weighted by Gasteiger charge is 2.18. The van der Waals surface area contributed by atoms with Crippen molar-refractivity contribution in [1.82, 2.24) is 0 Å². The van der Waals surface area contributed by atoms with Crippen molar-refractivity contribution < 1.29 is 4.79 Å². The van der Waals surface area contributed by atoms with Crippen LogP contribution in [0.25, 0.3) is 0 Å².